The molecule has 1 aliphatic heterocycles. The van der Waals surface area contributed by atoms with Crippen molar-refractivity contribution in [3.8, 4) is 0 Å². The van der Waals surface area contributed by atoms with E-state index in [-0.39, 0.29) is 0 Å². The zero-order valence-electron chi connectivity index (χ0n) is 9.06. The molecule has 1 aliphatic rings. The normalized spacial score (nSPS) is 19.9. The number of rotatable bonds is 4. The van der Waals surface area contributed by atoms with E-state index in [1.54, 1.807) is 0 Å². The van der Waals surface area contributed by atoms with E-state index in [1.165, 1.54) is 0 Å². The standard InChI is InChI=1S/C12H18N2O/c1-14-8-11(9-14)13-7-12(15)10-5-3-2-4-6-10/h2-6,11-13,15H,7-9H2,1H3/t12-/m0/s1. The molecule has 2 rings (SSSR count). The molecular weight excluding hydrogens is 188 g/mol. The van der Waals surface area contributed by atoms with Crippen LogP contribution in [0, 0.1) is 0 Å². The van der Waals surface area contributed by atoms with Gasteiger partial charge < -0.3 is 15.3 Å². The van der Waals surface area contributed by atoms with Gasteiger partial charge >= 0.3 is 0 Å². The molecular formula is C12H18N2O. The number of nitrogens with one attached hydrogen (secondary N) is 1. The number of hydrogen-bond acceptors (Lipinski definition) is 3. The quantitative estimate of drug-likeness (QED) is 0.758. The molecule has 0 spiro atoms. The summed E-state index contributed by atoms with van der Waals surface area (Å²) in [6.45, 7) is 2.81. The molecule has 0 saturated carbocycles. The topological polar surface area (TPSA) is 35.5 Å². The van der Waals surface area contributed by atoms with Crippen molar-refractivity contribution in [1.82, 2.24) is 10.2 Å². The van der Waals surface area contributed by atoms with E-state index in [9.17, 15) is 5.11 Å². The molecule has 3 heteroatoms. The smallest absolute Gasteiger partial charge is 0.0914 e. The van der Waals surface area contributed by atoms with Crippen molar-refractivity contribution < 1.29 is 5.11 Å². The number of nitrogens with zero attached hydrogens (tertiary/aromatic N) is 1. The monoisotopic (exact) mass is 206 g/mol. The van der Waals surface area contributed by atoms with Gasteiger partial charge in [0.05, 0.1) is 6.10 Å². The summed E-state index contributed by atoms with van der Waals surface area (Å²) in [7, 11) is 2.10. The van der Waals surface area contributed by atoms with Crippen LogP contribution in [0.3, 0.4) is 0 Å². The van der Waals surface area contributed by atoms with E-state index < -0.39 is 6.10 Å². The lowest BCUT2D eigenvalue weighted by atomic mass is 10.1. The van der Waals surface area contributed by atoms with Crippen LogP contribution in [-0.2, 0) is 0 Å². The highest BCUT2D eigenvalue weighted by molar-refractivity contribution is 5.17. The van der Waals surface area contributed by atoms with Crippen molar-refractivity contribution in [2.24, 2.45) is 0 Å². The van der Waals surface area contributed by atoms with Gasteiger partial charge in [-0.2, -0.15) is 0 Å². The Kier molecular flexibility index (Phi) is 3.36. The van der Waals surface area contributed by atoms with Gasteiger partial charge in [-0.05, 0) is 12.6 Å². The third-order valence-electron chi connectivity index (χ3n) is 2.85. The van der Waals surface area contributed by atoms with Crippen molar-refractivity contribution in [1.29, 1.82) is 0 Å². The number of likely N-dealkylation sites (N-methyl/N-ethyl adjacent to an activating group) is 1. The predicted molar refractivity (Wildman–Crippen MR) is 60.7 cm³/mol. The molecule has 1 fully saturated rings. The Bertz CT molecular complexity index is 296. The first kappa shape index (κ1) is 10.6. The predicted octanol–water partition coefficient (Wildman–Crippen LogP) is 0.624. The van der Waals surface area contributed by atoms with Crippen molar-refractivity contribution in [2.75, 3.05) is 26.7 Å². The molecule has 1 aromatic carbocycles. The summed E-state index contributed by atoms with van der Waals surface area (Å²) < 4.78 is 0. The third kappa shape index (κ3) is 2.78. The molecule has 0 bridgehead atoms. The Morgan fingerprint density at radius 3 is 2.67 bits per heavy atom. The second-order valence-corrected chi connectivity index (χ2v) is 4.25. The highest BCUT2D eigenvalue weighted by Crippen LogP contribution is 2.12. The summed E-state index contributed by atoms with van der Waals surface area (Å²) in [5.41, 5.74) is 0.984. The Morgan fingerprint density at radius 1 is 1.40 bits per heavy atom. The van der Waals surface area contributed by atoms with Crippen molar-refractivity contribution >= 4 is 0 Å². The molecule has 0 aliphatic carbocycles. The molecule has 1 saturated heterocycles. The van der Waals surface area contributed by atoms with Crippen molar-refractivity contribution in [2.45, 2.75) is 12.1 Å². The van der Waals surface area contributed by atoms with Gasteiger partial charge in [0.2, 0.25) is 0 Å². The lowest BCUT2D eigenvalue weighted by Crippen LogP contribution is -2.56. The second kappa shape index (κ2) is 4.75. The fourth-order valence-electron chi connectivity index (χ4n) is 1.90. The fraction of sp³-hybridized carbons (Fsp3) is 0.500. The van der Waals surface area contributed by atoms with Crippen LogP contribution in [-0.4, -0.2) is 42.7 Å². The van der Waals surface area contributed by atoms with Crippen molar-refractivity contribution in [3.05, 3.63) is 35.9 Å². The molecule has 82 valence electrons. The maximum Gasteiger partial charge on any atom is 0.0914 e. The van der Waals surface area contributed by atoms with E-state index in [0.29, 0.717) is 12.6 Å². The Labute approximate surface area is 90.7 Å². The number of aliphatic hydroxyl groups excluding tert-OH is 1. The molecule has 0 radical (unpaired) electrons. The molecule has 0 aromatic heterocycles. The van der Waals surface area contributed by atoms with E-state index >= 15 is 0 Å². The van der Waals surface area contributed by atoms with Crippen LogP contribution in [0.4, 0.5) is 0 Å². The Morgan fingerprint density at radius 2 is 2.07 bits per heavy atom. The van der Waals surface area contributed by atoms with E-state index in [4.69, 9.17) is 0 Å². The maximum atomic E-state index is 9.88. The summed E-state index contributed by atoms with van der Waals surface area (Å²) >= 11 is 0. The average Bonchev–Trinajstić information content (AvgIpc) is 2.23. The minimum atomic E-state index is -0.392. The van der Waals surface area contributed by atoms with Gasteiger partial charge in [0.1, 0.15) is 0 Å². The van der Waals surface area contributed by atoms with Gasteiger partial charge in [0, 0.05) is 25.7 Å². The fourth-order valence-corrected chi connectivity index (χ4v) is 1.90. The number of aliphatic hydroxyl groups is 1. The molecule has 0 unspecified atom stereocenters. The minimum absolute atomic E-state index is 0.392. The van der Waals surface area contributed by atoms with Crippen molar-refractivity contribution in [3.63, 3.8) is 0 Å². The van der Waals surface area contributed by atoms with Crippen LogP contribution in [0.5, 0.6) is 0 Å². The van der Waals surface area contributed by atoms with Gasteiger partial charge in [0.25, 0.3) is 0 Å². The lowest BCUT2D eigenvalue weighted by molar-refractivity contribution is 0.125. The van der Waals surface area contributed by atoms with E-state index in [0.717, 1.165) is 18.7 Å². The number of likely N-dealkylation sites (tertiary alicyclic amines) is 1. The molecule has 15 heavy (non-hydrogen) atoms. The Hall–Kier alpha value is -0.900. The molecule has 0 amide bonds. The number of hydrogen-bond donors (Lipinski definition) is 2. The molecule has 3 nitrogen and oxygen atoms in total. The summed E-state index contributed by atoms with van der Waals surface area (Å²) in [6.07, 6.45) is -0.392. The zero-order valence-corrected chi connectivity index (χ0v) is 9.06. The zero-order chi connectivity index (χ0) is 10.7. The van der Waals surface area contributed by atoms with E-state index in [2.05, 4.69) is 17.3 Å². The van der Waals surface area contributed by atoms with Crippen LogP contribution in [0.25, 0.3) is 0 Å². The summed E-state index contributed by atoms with van der Waals surface area (Å²) in [5, 5.41) is 13.2. The SMILES string of the molecule is CN1CC(NC[C@H](O)c2ccccc2)C1. The van der Waals surface area contributed by atoms with Crippen LogP contribution in [0.1, 0.15) is 11.7 Å². The average molecular weight is 206 g/mol. The summed E-state index contributed by atoms with van der Waals surface area (Å²) in [6, 6.07) is 10.3. The minimum Gasteiger partial charge on any atom is -0.387 e. The van der Waals surface area contributed by atoms with Gasteiger partial charge in [0.15, 0.2) is 0 Å². The van der Waals surface area contributed by atoms with Gasteiger partial charge in [-0.25, -0.2) is 0 Å². The maximum absolute atomic E-state index is 9.88. The molecule has 1 aromatic rings. The van der Waals surface area contributed by atoms with Crippen LogP contribution < -0.4 is 5.32 Å². The van der Waals surface area contributed by atoms with Crippen LogP contribution in [0.2, 0.25) is 0 Å². The molecule has 1 heterocycles. The third-order valence-corrected chi connectivity index (χ3v) is 2.85. The molecule has 2 N–H and O–H groups in total. The van der Waals surface area contributed by atoms with Crippen LogP contribution >= 0.6 is 0 Å². The Balaban J connectivity index is 1.75. The first-order valence-electron chi connectivity index (χ1n) is 5.40. The summed E-state index contributed by atoms with van der Waals surface area (Å²) in [4.78, 5) is 2.26. The highest BCUT2D eigenvalue weighted by Gasteiger charge is 2.23. The van der Waals surface area contributed by atoms with Gasteiger partial charge in [-0.3, -0.25) is 0 Å². The molecule has 1 atom stereocenters. The highest BCUT2D eigenvalue weighted by atomic mass is 16.3. The van der Waals surface area contributed by atoms with Gasteiger partial charge in [-0.15, -0.1) is 0 Å². The second-order valence-electron chi connectivity index (χ2n) is 4.25. The summed E-state index contributed by atoms with van der Waals surface area (Å²) in [5.74, 6) is 0. The first-order chi connectivity index (χ1) is 7.25. The first-order valence-corrected chi connectivity index (χ1v) is 5.40. The van der Waals surface area contributed by atoms with Gasteiger partial charge in [-0.1, -0.05) is 30.3 Å². The number of benzene rings is 1. The van der Waals surface area contributed by atoms with E-state index in [1.807, 2.05) is 30.3 Å². The van der Waals surface area contributed by atoms with Crippen LogP contribution in [0.15, 0.2) is 30.3 Å². The largest absolute Gasteiger partial charge is 0.387 e. The lowest BCUT2D eigenvalue weighted by Gasteiger charge is -2.37.